The predicted molar refractivity (Wildman–Crippen MR) is 90.4 cm³/mol. The van der Waals surface area contributed by atoms with Gasteiger partial charge in [-0.25, -0.2) is 4.39 Å². The van der Waals surface area contributed by atoms with Crippen LogP contribution in [-0.4, -0.2) is 6.54 Å². The number of hydrogen-bond acceptors (Lipinski definition) is 1. The van der Waals surface area contributed by atoms with Crippen LogP contribution < -0.4 is 5.32 Å². The smallest absolute Gasteiger partial charge is 0.123 e. The van der Waals surface area contributed by atoms with Crippen LogP contribution in [0.25, 0.3) is 0 Å². The number of halogens is 3. The molecule has 0 saturated carbocycles. The van der Waals surface area contributed by atoms with E-state index >= 15 is 0 Å². The van der Waals surface area contributed by atoms with Crippen LogP contribution in [0.3, 0.4) is 0 Å². The van der Waals surface area contributed by atoms with Gasteiger partial charge in [-0.15, -0.1) is 0 Å². The molecule has 0 aliphatic carbocycles. The van der Waals surface area contributed by atoms with E-state index in [1.54, 1.807) is 12.1 Å². The van der Waals surface area contributed by atoms with Crippen molar-refractivity contribution in [1.82, 2.24) is 5.32 Å². The molecule has 0 radical (unpaired) electrons. The van der Waals surface area contributed by atoms with Gasteiger partial charge >= 0.3 is 0 Å². The number of likely N-dealkylation sites (N-methyl/N-ethyl adjacent to an activating group) is 1. The molecule has 21 heavy (non-hydrogen) atoms. The average molecular weight is 371 g/mol. The van der Waals surface area contributed by atoms with E-state index in [4.69, 9.17) is 11.6 Å². The first-order valence-electron chi connectivity index (χ1n) is 6.94. The van der Waals surface area contributed by atoms with Crippen LogP contribution in [0.2, 0.25) is 5.02 Å². The molecule has 2 aromatic carbocycles. The summed E-state index contributed by atoms with van der Waals surface area (Å²) in [6, 6.07) is 10.9. The molecule has 1 nitrogen and oxygen atoms in total. The summed E-state index contributed by atoms with van der Waals surface area (Å²) < 4.78 is 14.4. The monoisotopic (exact) mass is 369 g/mol. The van der Waals surface area contributed by atoms with Gasteiger partial charge in [-0.05, 0) is 60.8 Å². The second-order valence-electron chi connectivity index (χ2n) is 5.06. The molecule has 4 heteroatoms. The highest BCUT2D eigenvalue weighted by atomic mass is 79.9. The number of benzene rings is 2. The minimum absolute atomic E-state index is 0.129. The Bertz CT molecular complexity index is 630. The largest absolute Gasteiger partial charge is 0.310 e. The van der Waals surface area contributed by atoms with E-state index in [2.05, 4.69) is 34.2 Å². The molecule has 0 heterocycles. The van der Waals surface area contributed by atoms with Crippen molar-refractivity contribution in [3.05, 3.63) is 68.4 Å². The highest BCUT2D eigenvalue weighted by Crippen LogP contribution is 2.27. The third-order valence-electron chi connectivity index (χ3n) is 3.47. The summed E-state index contributed by atoms with van der Waals surface area (Å²) in [5, 5.41) is 4.22. The van der Waals surface area contributed by atoms with Crippen molar-refractivity contribution < 1.29 is 4.39 Å². The van der Waals surface area contributed by atoms with Gasteiger partial charge in [0, 0.05) is 15.5 Å². The molecule has 112 valence electrons. The van der Waals surface area contributed by atoms with E-state index in [0.717, 1.165) is 32.7 Å². The Morgan fingerprint density at radius 2 is 2.00 bits per heavy atom. The van der Waals surface area contributed by atoms with E-state index in [1.807, 2.05) is 19.1 Å². The zero-order chi connectivity index (χ0) is 15.4. The number of aryl methyl sites for hydroxylation is 1. The number of nitrogens with one attached hydrogen (secondary N) is 1. The zero-order valence-electron chi connectivity index (χ0n) is 12.1. The second kappa shape index (κ2) is 7.39. The van der Waals surface area contributed by atoms with Gasteiger partial charge in [0.15, 0.2) is 0 Å². The minimum Gasteiger partial charge on any atom is -0.310 e. The molecule has 0 amide bonds. The SMILES string of the molecule is CCNC(Cc1cc(F)ccc1Br)c1ccc(Cl)c(C)c1. The Morgan fingerprint density at radius 1 is 1.24 bits per heavy atom. The predicted octanol–water partition coefficient (Wildman–Crippen LogP) is 5.44. The molecule has 0 aromatic heterocycles. The van der Waals surface area contributed by atoms with Crippen LogP contribution in [0.15, 0.2) is 40.9 Å². The third kappa shape index (κ3) is 4.29. The van der Waals surface area contributed by atoms with Crippen molar-refractivity contribution in [2.24, 2.45) is 0 Å². The van der Waals surface area contributed by atoms with Crippen molar-refractivity contribution in [2.75, 3.05) is 6.54 Å². The fourth-order valence-electron chi connectivity index (χ4n) is 2.36. The molecule has 0 saturated heterocycles. The van der Waals surface area contributed by atoms with Crippen molar-refractivity contribution in [3.8, 4) is 0 Å². The molecule has 2 aromatic rings. The fraction of sp³-hybridized carbons (Fsp3) is 0.294. The van der Waals surface area contributed by atoms with E-state index < -0.39 is 0 Å². The van der Waals surface area contributed by atoms with Crippen molar-refractivity contribution in [3.63, 3.8) is 0 Å². The van der Waals surface area contributed by atoms with Crippen LogP contribution in [0.4, 0.5) is 4.39 Å². The van der Waals surface area contributed by atoms with Gasteiger partial charge in [0.2, 0.25) is 0 Å². The van der Waals surface area contributed by atoms with Crippen LogP contribution >= 0.6 is 27.5 Å². The van der Waals surface area contributed by atoms with Crippen molar-refractivity contribution in [2.45, 2.75) is 26.3 Å². The highest BCUT2D eigenvalue weighted by molar-refractivity contribution is 9.10. The Labute approximate surface area is 138 Å². The summed E-state index contributed by atoms with van der Waals surface area (Å²) in [5.74, 6) is -0.212. The third-order valence-corrected chi connectivity index (χ3v) is 4.66. The van der Waals surface area contributed by atoms with Crippen LogP contribution in [0.1, 0.15) is 29.7 Å². The summed E-state index contributed by atoms with van der Waals surface area (Å²) in [6.45, 7) is 4.91. The van der Waals surface area contributed by atoms with Crippen LogP contribution in [0, 0.1) is 12.7 Å². The summed E-state index contributed by atoms with van der Waals surface area (Å²) >= 11 is 9.58. The molecule has 1 N–H and O–H groups in total. The lowest BCUT2D eigenvalue weighted by Crippen LogP contribution is -2.23. The molecule has 0 aliphatic heterocycles. The second-order valence-corrected chi connectivity index (χ2v) is 6.32. The van der Waals surface area contributed by atoms with Crippen LogP contribution in [0.5, 0.6) is 0 Å². The molecule has 1 unspecified atom stereocenters. The lowest BCUT2D eigenvalue weighted by molar-refractivity contribution is 0.545. The zero-order valence-corrected chi connectivity index (χ0v) is 14.4. The van der Waals surface area contributed by atoms with Gasteiger partial charge in [-0.1, -0.05) is 46.6 Å². The van der Waals surface area contributed by atoms with E-state index in [1.165, 1.54) is 6.07 Å². The molecule has 0 fully saturated rings. The first-order chi connectivity index (χ1) is 10.0. The van der Waals surface area contributed by atoms with E-state index in [9.17, 15) is 4.39 Å². The van der Waals surface area contributed by atoms with Crippen molar-refractivity contribution >= 4 is 27.5 Å². The van der Waals surface area contributed by atoms with Gasteiger partial charge in [0.05, 0.1) is 0 Å². The molecule has 0 spiro atoms. The maximum absolute atomic E-state index is 13.4. The first kappa shape index (κ1) is 16.5. The standard InChI is InChI=1S/C17H18BrClFN/c1-3-21-17(12-4-7-16(19)11(2)8-12)10-13-9-14(20)5-6-15(13)18/h4-9,17,21H,3,10H2,1-2H3. The summed E-state index contributed by atoms with van der Waals surface area (Å²) in [5.41, 5.74) is 3.17. The fourth-order valence-corrected chi connectivity index (χ4v) is 2.88. The average Bonchev–Trinajstić information content (AvgIpc) is 2.45. The highest BCUT2D eigenvalue weighted by Gasteiger charge is 2.14. The molecule has 2 rings (SSSR count). The van der Waals surface area contributed by atoms with Crippen LogP contribution in [-0.2, 0) is 6.42 Å². The van der Waals surface area contributed by atoms with Gasteiger partial charge in [0.25, 0.3) is 0 Å². The van der Waals surface area contributed by atoms with Gasteiger partial charge in [0.1, 0.15) is 5.82 Å². The molecular formula is C17H18BrClFN. The maximum atomic E-state index is 13.4. The van der Waals surface area contributed by atoms with Gasteiger partial charge in [-0.2, -0.15) is 0 Å². The lowest BCUT2D eigenvalue weighted by atomic mass is 9.97. The lowest BCUT2D eigenvalue weighted by Gasteiger charge is -2.20. The van der Waals surface area contributed by atoms with Crippen molar-refractivity contribution in [1.29, 1.82) is 0 Å². The quantitative estimate of drug-likeness (QED) is 0.738. The summed E-state index contributed by atoms with van der Waals surface area (Å²) in [6.07, 6.45) is 0.716. The molecule has 1 atom stereocenters. The number of hydrogen-bond donors (Lipinski definition) is 1. The Balaban J connectivity index is 2.30. The molecular weight excluding hydrogens is 353 g/mol. The maximum Gasteiger partial charge on any atom is 0.123 e. The van der Waals surface area contributed by atoms with E-state index in [-0.39, 0.29) is 11.9 Å². The summed E-state index contributed by atoms with van der Waals surface area (Å²) in [4.78, 5) is 0. The normalized spacial score (nSPS) is 12.4. The molecule has 0 bridgehead atoms. The van der Waals surface area contributed by atoms with Gasteiger partial charge < -0.3 is 5.32 Å². The minimum atomic E-state index is -0.212. The van der Waals surface area contributed by atoms with E-state index in [0.29, 0.717) is 6.42 Å². The Hall–Kier alpha value is -0.900. The molecule has 0 aliphatic rings. The number of rotatable bonds is 5. The van der Waals surface area contributed by atoms with Gasteiger partial charge in [-0.3, -0.25) is 0 Å². The Kier molecular flexibility index (Phi) is 5.80. The first-order valence-corrected chi connectivity index (χ1v) is 8.11. The summed E-state index contributed by atoms with van der Waals surface area (Å²) in [7, 11) is 0. The topological polar surface area (TPSA) is 12.0 Å². The Morgan fingerprint density at radius 3 is 2.67 bits per heavy atom.